The highest BCUT2D eigenvalue weighted by atomic mass is 32.2. The van der Waals surface area contributed by atoms with Crippen LogP contribution in [0.3, 0.4) is 0 Å². The number of hydrogen-bond acceptors (Lipinski definition) is 5. The van der Waals surface area contributed by atoms with Gasteiger partial charge in [0.25, 0.3) is 0 Å². The molecule has 4 bridgehead atoms. The van der Waals surface area contributed by atoms with Crippen molar-refractivity contribution in [2.24, 2.45) is 23.2 Å². The van der Waals surface area contributed by atoms with Gasteiger partial charge in [0, 0.05) is 16.3 Å². The van der Waals surface area contributed by atoms with Gasteiger partial charge in [-0.15, -0.1) is 23.1 Å². The molecule has 134 valence electrons. The summed E-state index contributed by atoms with van der Waals surface area (Å²) in [5.41, 5.74) is 8.19. The third-order valence-corrected chi connectivity index (χ3v) is 9.63. The van der Waals surface area contributed by atoms with Gasteiger partial charge < -0.3 is 5.73 Å². The van der Waals surface area contributed by atoms with Crippen LogP contribution in [0.5, 0.6) is 0 Å². The summed E-state index contributed by atoms with van der Waals surface area (Å²) < 4.78 is 2.88. The average molecular weight is 376 g/mol. The number of rotatable bonds is 3. The highest BCUT2D eigenvalue weighted by Gasteiger charge is 2.50. The van der Waals surface area contributed by atoms with Gasteiger partial charge in [0.05, 0.1) is 4.21 Å². The molecule has 4 fully saturated rings. The molecule has 0 aromatic rings. The molecule has 4 saturated carbocycles. The van der Waals surface area contributed by atoms with Crippen molar-refractivity contribution < 1.29 is 0 Å². The van der Waals surface area contributed by atoms with Crippen molar-refractivity contribution >= 4 is 28.9 Å². The first-order valence-electron chi connectivity index (χ1n) is 9.35. The molecule has 0 aromatic heterocycles. The SMILES string of the molecule is Cc1sc(SCC23CC4CC(CC(C4)C2)C3)c2c(N)nc(=O)n-2c1C. The summed E-state index contributed by atoms with van der Waals surface area (Å²) in [6.45, 7) is 4.07. The minimum Gasteiger partial charge on any atom is -0.382 e. The second kappa shape index (κ2) is 5.49. The first-order valence-corrected chi connectivity index (χ1v) is 11.2. The van der Waals surface area contributed by atoms with Gasteiger partial charge in [-0.05, 0) is 75.5 Å². The lowest BCUT2D eigenvalue weighted by molar-refractivity contribution is -0.0381. The molecule has 0 unspecified atom stereocenters. The van der Waals surface area contributed by atoms with Crippen molar-refractivity contribution in [3.05, 3.63) is 21.1 Å². The Morgan fingerprint density at radius 3 is 2.40 bits per heavy atom. The molecule has 2 N–H and O–H groups in total. The van der Waals surface area contributed by atoms with Gasteiger partial charge in [-0.2, -0.15) is 4.98 Å². The first-order chi connectivity index (χ1) is 11.9. The second-order valence-electron chi connectivity index (χ2n) is 8.70. The minimum atomic E-state index is -0.238. The number of imidazole rings is 1. The summed E-state index contributed by atoms with van der Waals surface area (Å²) >= 11 is 3.70. The zero-order valence-corrected chi connectivity index (χ0v) is 16.5. The van der Waals surface area contributed by atoms with Gasteiger partial charge in [0.1, 0.15) is 5.69 Å². The Hall–Kier alpha value is -1.01. The van der Waals surface area contributed by atoms with Crippen LogP contribution in [0.25, 0.3) is 5.69 Å². The van der Waals surface area contributed by atoms with E-state index in [9.17, 15) is 4.79 Å². The Kier molecular flexibility index (Phi) is 3.56. The van der Waals surface area contributed by atoms with E-state index in [0.29, 0.717) is 11.2 Å². The number of aryl methyl sites for hydroxylation is 1. The first kappa shape index (κ1) is 16.2. The molecule has 0 atom stereocenters. The predicted octanol–water partition coefficient (Wildman–Crippen LogP) is 4.24. The van der Waals surface area contributed by atoms with Crippen LogP contribution < -0.4 is 11.4 Å². The minimum absolute atomic E-state index is 0.238. The van der Waals surface area contributed by atoms with E-state index in [-0.39, 0.29) is 5.69 Å². The Morgan fingerprint density at radius 2 is 1.80 bits per heavy atom. The van der Waals surface area contributed by atoms with Crippen LogP contribution in [0.15, 0.2) is 9.00 Å². The van der Waals surface area contributed by atoms with Gasteiger partial charge in [-0.1, -0.05) is 0 Å². The van der Waals surface area contributed by atoms with E-state index < -0.39 is 0 Å². The number of fused-ring (bicyclic) bond motifs is 1. The smallest absolute Gasteiger partial charge is 0.354 e. The van der Waals surface area contributed by atoms with E-state index in [1.165, 1.54) is 53.4 Å². The maximum Gasteiger partial charge on any atom is 0.354 e. The fourth-order valence-corrected chi connectivity index (χ4v) is 8.85. The second-order valence-corrected chi connectivity index (χ2v) is 11.2. The molecule has 0 saturated heterocycles. The molecule has 4 aliphatic carbocycles. The van der Waals surface area contributed by atoms with E-state index in [4.69, 9.17) is 5.73 Å². The third-order valence-electron chi connectivity index (χ3n) is 6.83. The number of nitrogens with zero attached hydrogens (tertiary/aromatic N) is 2. The van der Waals surface area contributed by atoms with Crippen molar-refractivity contribution in [3.8, 4) is 5.69 Å². The van der Waals surface area contributed by atoms with Crippen molar-refractivity contribution in [2.75, 3.05) is 11.5 Å². The van der Waals surface area contributed by atoms with Crippen LogP contribution in [-0.4, -0.2) is 15.3 Å². The van der Waals surface area contributed by atoms with Gasteiger partial charge in [0.2, 0.25) is 0 Å². The normalized spacial score (nSPS) is 33.4. The van der Waals surface area contributed by atoms with Gasteiger partial charge in [0.15, 0.2) is 5.82 Å². The largest absolute Gasteiger partial charge is 0.382 e. The molecule has 6 rings (SSSR count). The van der Waals surface area contributed by atoms with Crippen molar-refractivity contribution in [1.29, 1.82) is 0 Å². The lowest BCUT2D eigenvalue weighted by atomic mass is 9.50. The van der Waals surface area contributed by atoms with Crippen LogP contribution >= 0.6 is 23.1 Å². The Morgan fingerprint density at radius 1 is 1.20 bits per heavy atom. The number of nitrogen functional groups attached to an aromatic ring is 1. The summed E-state index contributed by atoms with van der Waals surface area (Å²) in [6, 6.07) is 0. The van der Waals surface area contributed by atoms with Gasteiger partial charge in [-0.25, -0.2) is 4.79 Å². The summed E-state index contributed by atoms with van der Waals surface area (Å²) in [4.78, 5) is 17.4. The zero-order valence-electron chi connectivity index (χ0n) is 14.9. The maximum absolute atomic E-state index is 12.2. The standard InChI is InChI=1S/C19H25N3OS2/c1-10-11(2)25-17(15-16(20)21-18(23)22(10)15)24-9-19-6-12-3-13(7-19)5-14(4-12)8-19/h12-14H,3-9H2,1-2H3,(H2,20,21,23). The monoisotopic (exact) mass is 375 g/mol. The van der Waals surface area contributed by atoms with Gasteiger partial charge >= 0.3 is 5.69 Å². The number of anilines is 1. The fourth-order valence-electron chi connectivity index (χ4n) is 6.13. The molecule has 0 aromatic carbocycles. The molecule has 25 heavy (non-hydrogen) atoms. The lowest BCUT2D eigenvalue weighted by Gasteiger charge is -2.56. The Balaban J connectivity index is 1.47. The molecule has 4 nitrogen and oxygen atoms in total. The van der Waals surface area contributed by atoms with E-state index in [1.807, 2.05) is 18.7 Å². The number of nitrogens with two attached hydrogens (primary N) is 1. The molecule has 0 radical (unpaired) electrons. The molecule has 0 amide bonds. The number of hydrogen-bond donors (Lipinski definition) is 1. The van der Waals surface area contributed by atoms with Crippen LogP contribution in [-0.2, 0) is 0 Å². The third kappa shape index (κ3) is 2.47. The summed E-state index contributed by atoms with van der Waals surface area (Å²) in [6.07, 6.45) is 8.69. The molecule has 2 heterocycles. The summed E-state index contributed by atoms with van der Waals surface area (Å²) in [7, 11) is 0. The highest BCUT2D eigenvalue weighted by molar-refractivity contribution is 8.01. The molecule has 6 heteroatoms. The average Bonchev–Trinajstić information content (AvgIpc) is 2.83. The molecular formula is C19H25N3OS2. The van der Waals surface area contributed by atoms with Crippen molar-refractivity contribution in [2.45, 2.75) is 56.6 Å². The summed E-state index contributed by atoms with van der Waals surface area (Å²) in [5.74, 6) is 4.48. The number of aromatic nitrogens is 2. The Bertz CT molecular complexity index is 833. The van der Waals surface area contributed by atoms with E-state index in [0.717, 1.165) is 29.1 Å². The lowest BCUT2D eigenvalue weighted by Crippen LogP contribution is -2.47. The van der Waals surface area contributed by atoms with Crippen molar-refractivity contribution in [3.63, 3.8) is 0 Å². The van der Waals surface area contributed by atoms with E-state index in [1.54, 1.807) is 15.9 Å². The van der Waals surface area contributed by atoms with Crippen LogP contribution in [0, 0.1) is 37.0 Å². The topological polar surface area (TPSA) is 60.9 Å². The fraction of sp³-hybridized carbons (Fsp3) is 0.684. The molecular weight excluding hydrogens is 350 g/mol. The van der Waals surface area contributed by atoms with Crippen molar-refractivity contribution in [1.82, 2.24) is 9.55 Å². The van der Waals surface area contributed by atoms with Crippen LogP contribution in [0.2, 0.25) is 0 Å². The van der Waals surface area contributed by atoms with Crippen LogP contribution in [0.1, 0.15) is 49.1 Å². The van der Waals surface area contributed by atoms with E-state index >= 15 is 0 Å². The van der Waals surface area contributed by atoms with Gasteiger partial charge in [-0.3, -0.25) is 4.57 Å². The quantitative estimate of drug-likeness (QED) is 0.815. The molecule has 2 aliphatic heterocycles. The summed E-state index contributed by atoms with van der Waals surface area (Å²) in [5, 5.41) is 0. The molecule has 6 aliphatic rings. The maximum atomic E-state index is 12.2. The predicted molar refractivity (Wildman–Crippen MR) is 104 cm³/mol. The van der Waals surface area contributed by atoms with E-state index in [2.05, 4.69) is 11.9 Å². The molecule has 0 spiro atoms. The number of thioether (sulfide) groups is 1. The Labute approximate surface area is 156 Å². The zero-order chi connectivity index (χ0) is 17.3. The highest BCUT2D eigenvalue weighted by Crippen LogP contribution is 2.61. The van der Waals surface area contributed by atoms with Crippen LogP contribution in [0.4, 0.5) is 5.82 Å².